The molecular weight excluding hydrogens is 242 g/mol. The maximum atomic E-state index is 12.2. The molecule has 0 spiro atoms. The fourth-order valence-electron chi connectivity index (χ4n) is 2.59. The van der Waals surface area contributed by atoms with Gasteiger partial charge >= 0.3 is 0 Å². The van der Waals surface area contributed by atoms with Crippen LogP contribution in [0, 0.1) is 17.3 Å². The Morgan fingerprint density at radius 3 is 2.32 bits per heavy atom. The lowest BCUT2D eigenvalue weighted by Gasteiger charge is -2.44. The number of hydrogen-bond acceptors (Lipinski definition) is 3. The van der Waals surface area contributed by atoms with Gasteiger partial charge in [0.25, 0.3) is 0 Å². The third-order valence-corrected chi connectivity index (χ3v) is 3.78. The summed E-state index contributed by atoms with van der Waals surface area (Å²) < 4.78 is 0. The molecule has 1 aliphatic carbocycles. The van der Waals surface area contributed by atoms with Crippen molar-refractivity contribution in [3.63, 3.8) is 0 Å². The highest BCUT2D eigenvalue weighted by Crippen LogP contribution is 2.44. The van der Waals surface area contributed by atoms with E-state index >= 15 is 0 Å². The Balaban J connectivity index is 2.45. The highest BCUT2D eigenvalue weighted by Gasteiger charge is 2.47. The molecule has 0 saturated heterocycles. The molecule has 0 aromatic heterocycles. The molecule has 110 valence electrons. The van der Waals surface area contributed by atoms with E-state index in [4.69, 9.17) is 5.73 Å². The first kappa shape index (κ1) is 16.0. The van der Waals surface area contributed by atoms with Crippen LogP contribution in [0.25, 0.3) is 0 Å². The van der Waals surface area contributed by atoms with Crippen molar-refractivity contribution in [2.75, 3.05) is 13.1 Å². The lowest BCUT2D eigenvalue weighted by Crippen LogP contribution is -2.57. The first-order valence-electron chi connectivity index (χ1n) is 7.09. The van der Waals surface area contributed by atoms with Gasteiger partial charge in [0.15, 0.2) is 0 Å². The van der Waals surface area contributed by atoms with Gasteiger partial charge in [-0.15, -0.1) is 0 Å². The van der Waals surface area contributed by atoms with Gasteiger partial charge in [-0.25, -0.2) is 0 Å². The molecular formula is C14H27N3O2. The molecule has 4 N–H and O–H groups in total. The van der Waals surface area contributed by atoms with Crippen LogP contribution in [0.2, 0.25) is 0 Å². The van der Waals surface area contributed by atoms with Crippen LogP contribution in [0.1, 0.15) is 40.5 Å². The summed E-state index contributed by atoms with van der Waals surface area (Å²) >= 11 is 0. The summed E-state index contributed by atoms with van der Waals surface area (Å²) in [7, 11) is 0. The molecule has 0 aromatic carbocycles. The van der Waals surface area contributed by atoms with Gasteiger partial charge in [0.2, 0.25) is 11.8 Å². The number of amides is 2. The minimum atomic E-state index is -0.509. The van der Waals surface area contributed by atoms with E-state index in [0.717, 1.165) is 12.8 Å². The Labute approximate surface area is 115 Å². The molecule has 5 heteroatoms. The number of rotatable bonds is 6. The van der Waals surface area contributed by atoms with E-state index < -0.39 is 11.5 Å². The normalized spacial score (nSPS) is 27.6. The van der Waals surface area contributed by atoms with Crippen LogP contribution in [0.5, 0.6) is 0 Å². The Morgan fingerprint density at radius 1 is 1.32 bits per heavy atom. The van der Waals surface area contributed by atoms with Crippen LogP contribution in [0.4, 0.5) is 0 Å². The SMILES string of the molecule is CC(C)CNC(=O)C(C)NC(=O)C1(CN)CC(C)C1. The van der Waals surface area contributed by atoms with Crippen molar-refractivity contribution in [3.8, 4) is 0 Å². The molecule has 0 aromatic rings. The zero-order valence-electron chi connectivity index (χ0n) is 12.5. The summed E-state index contributed by atoms with van der Waals surface area (Å²) in [5.74, 6) is 0.719. The Morgan fingerprint density at radius 2 is 1.89 bits per heavy atom. The molecule has 1 aliphatic rings. The highest BCUT2D eigenvalue weighted by molar-refractivity contribution is 5.90. The number of hydrogen-bond donors (Lipinski definition) is 3. The molecule has 0 aliphatic heterocycles. The van der Waals surface area contributed by atoms with Gasteiger partial charge in [-0.2, -0.15) is 0 Å². The third kappa shape index (κ3) is 3.93. The molecule has 0 heterocycles. The Kier molecular flexibility index (Phi) is 5.35. The van der Waals surface area contributed by atoms with Crippen LogP contribution < -0.4 is 16.4 Å². The van der Waals surface area contributed by atoms with Crippen LogP contribution in [-0.2, 0) is 9.59 Å². The first-order chi connectivity index (χ1) is 8.80. The molecule has 1 fully saturated rings. The van der Waals surface area contributed by atoms with Gasteiger partial charge in [-0.1, -0.05) is 20.8 Å². The maximum Gasteiger partial charge on any atom is 0.242 e. The quantitative estimate of drug-likeness (QED) is 0.661. The summed E-state index contributed by atoms with van der Waals surface area (Å²) in [5, 5.41) is 5.60. The van der Waals surface area contributed by atoms with Crippen LogP contribution in [0.15, 0.2) is 0 Å². The monoisotopic (exact) mass is 269 g/mol. The zero-order valence-corrected chi connectivity index (χ0v) is 12.5. The van der Waals surface area contributed by atoms with Crippen LogP contribution in [-0.4, -0.2) is 30.9 Å². The van der Waals surface area contributed by atoms with Crippen molar-refractivity contribution in [1.29, 1.82) is 0 Å². The number of carbonyl (C=O) groups is 2. The largest absolute Gasteiger partial charge is 0.354 e. The summed E-state index contributed by atoms with van der Waals surface area (Å²) in [6, 6.07) is -0.509. The molecule has 2 amide bonds. The minimum absolute atomic E-state index is 0.0831. The molecule has 0 radical (unpaired) electrons. The third-order valence-electron chi connectivity index (χ3n) is 3.78. The molecule has 0 bridgehead atoms. The van der Waals surface area contributed by atoms with Gasteiger partial charge in [0, 0.05) is 13.1 Å². The Bertz CT molecular complexity index is 336. The summed E-state index contributed by atoms with van der Waals surface area (Å²) in [6.07, 6.45) is 1.63. The fraction of sp³-hybridized carbons (Fsp3) is 0.857. The van der Waals surface area contributed by atoms with Crippen molar-refractivity contribution in [2.24, 2.45) is 23.0 Å². The second-order valence-electron chi connectivity index (χ2n) is 6.33. The van der Waals surface area contributed by atoms with E-state index in [2.05, 4.69) is 17.6 Å². The van der Waals surface area contributed by atoms with Crippen molar-refractivity contribution in [2.45, 2.75) is 46.6 Å². The zero-order chi connectivity index (χ0) is 14.6. The van der Waals surface area contributed by atoms with E-state index in [0.29, 0.717) is 24.9 Å². The Hall–Kier alpha value is -1.10. The van der Waals surface area contributed by atoms with Gasteiger partial charge in [-0.05, 0) is 31.6 Å². The summed E-state index contributed by atoms with van der Waals surface area (Å²) in [4.78, 5) is 24.0. The predicted molar refractivity (Wildman–Crippen MR) is 75.3 cm³/mol. The van der Waals surface area contributed by atoms with Gasteiger partial charge in [0.05, 0.1) is 5.41 Å². The lowest BCUT2D eigenvalue weighted by atomic mass is 9.62. The second kappa shape index (κ2) is 6.37. The maximum absolute atomic E-state index is 12.2. The molecule has 5 nitrogen and oxygen atoms in total. The first-order valence-corrected chi connectivity index (χ1v) is 7.09. The average molecular weight is 269 g/mol. The van der Waals surface area contributed by atoms with Gasteiger partial charge in [0.1, 0.15) is 6.04 Å². The molecule has 1 rings (SSSR count). The van der Waals surface area contributed by atoms with Crippen LogP contribution in [0.3, 0.4) is 0 Å². The highest BCUT2D eigenvalue weighted by atomic mass is 16.2. The van der Waals surface area contributed by atoms with Crippen molar-refractivity contribution in [3.05, 3.63) is 0 Å². The van der Waals surface area contributed by atoms with E-state index in [1.165, 1.54) is 0 Å². The minimum Gasteiger partial charge on any atom is -0.354 e. The number of nitrogens with one attached hydrogen (secondary N) is 2. The van der Waals surface area contributed by atoms with Crippen molar-refractivity contribution >= 4 is 11.8 Å². The summed E-state index contributed by atoms with van der Waals surface area (Å²) in [6.45, 7) is 8.85. The van der Waals surface area contributed by atoms with Crippen molar-refractivity contribution < 1.29 is 9.59 Å². The van der Waals surface area contributed by atoms with Crippen LogP contribution >= 0.6 is 0 Å². The van der Waals surface area contributed by atoms with Crippen molar-refractivity contribution in [1.82, 2.24) is 10.6 Å². The lowest BCUT2D eigenvalue weighted by molar-refractivity contribution is -0.141. The smallest absolute Gasteiger partial charge is 0.242 e. The van der Waals surface area contributed by atoms with E-state index in [1.54, 1.807) is 6.92 Å². The molecule has 1 saturated carbocycles. The topological polar surface area (TPSA) is 84.2 Å². The molecule has 1 atom stereocenters. The fourth-order valence-corrected chi connectivity index (χ4v) is 2.59. The predicted octanol–water partition coefficient (Wildman–Crippen LogP) is 0.638. The number of nitrogens with two attached hydrogens (primary N) is 1. The molecule has 19 heavy (non-hydrogen) atoms. The number of carbonyl (C=O) groups excluding carboxylic acids is 2. The van der Waals surface area contributed by atoms with E-state index in [9.17, 15) is 9.59 Å². The van der Waals surface area contributed by atoms with Gasteiger partial charge < -0.3 is 16.4 Å². The second-order valence-corrected chi connectivity index (χ2v) is 6.33. The van der Waals surface area contributed by atoms with E-state index in [1.807, 2.05) is 13.8 Å². The van der Waals surface area contributed by atoms with E-state index in [-0.39, 0.29) is 11.8 Å². The molecule has 1 unspecified atom stereocenters. The van der Waals surface area contributed by atoms with Gasteiger partial charge in [-0.3, -0.25) is 9.59 Å². The summed E-state index contributed by atoms with van der Waals surface area (Å²) in [5.41, 5.74) is 5.27. The average Bonchev–Trinajstić information content (AvgIpc) is 2.31. The standard InChI is InChI=1S/C14H27N3O2/c1-9(2)7-16-12(18)11(4)17-13(19)14(8-15)5-10(3)6-14/h9-11H,5-8,15H2,1-4H3,(H,16,18)(H,17,19).